The molecular formula is C40H42ClFN6O6. The lowest BCUT2D eigenvalue weighted by Crippen LogP contribution is -2.50. The SMILES string of the molecule is COCc1cc(C(=O)NC2(c3nc4cc(CN[C@@H]5CCOC[C@@H]5OC(C)=O)cc(C#N)c4o3)C=CC=C(c3ccccc3Cl)C2C)ncc1CNCCF. The maximum Gasteiger partial charge on any atom is 0.303 e. The molecule has 14 heteroatoms. The molecular weight excluding hydrogens is 715 g/mol. The topological polar surface area (TPSA) is 161 Å². The number of amides is 1. The smallest absolute Gasteiger partial charge is 0.303 e. The predicted molar refractivity (Wildman–Crippen MR) is 200 cm³/mol. The zero-order chi connectivity index (χ0) is 38.2. The molecule has 0 bridgehead atoms. The van der Waals surface area contributed by atoms with E-state index >= 15 is 0 Å². The summed E-state index contributed by atoms with van der Waals surface area (Å²) in [5.41, 5.74) is 3.63. The van der Waals surface area contributed by atoms with Crippen LogP contribution in [0.3, 0.4) is 0 Å². The molecule has 0 spiro atoms. The first-order chi connectivity index (χ1) is 26.2. The van der Waals surface area contributed by atoms with E-state index in [4.69, 9.17) is 35.2 Å². The van der Waals surface area contributed by atoms with Crippen LogP contribution in [-0.4, -0.2) is 67.5 Å². The van der Waals surface area contributed by atoms with E-state index < -0.39 is 30.1 Å². The van der Waals surface area contributed by atoms with Crippen LogP contribution in [0.25, 0.3) is 16.7 Å². The van der Waals surface area contributed by atoms with Crippen molar-refractivity contribution in [2.75, 3.05) is 33.5 Å². The number of methoxy groups -OCH3 is 1. The number of benzene rings is 2. The first-order valence-corrected chi connectivity index (χ1v) is 18.1. The quantitative estimate of drug-likeness (QED) is 0.107. The average molecular weight is 757 g/mol. The van der Waals surface area contributed by atoms with Crippen LogP contribution in [0.2, 0.25) is 5.02 Å². The second-order valence-corrected chi connectivity index (χ2v) is 13.7. The number of allylic oxidation sites excluding steroid dienone is 2. The number of nitriles is 1. The number of pyridine rings is 1. The number of hydrogen-bond acceptors (Lipinski definition) is 11. The lowest BCUT2D eigenvalue weighted by molar-refractivity contribution is -0.155. The molecule has 0 saturated carbocycles. The molecule has 1 aliphatic carbocycles. The lowest BCUT2D eigenvalue weighted by atomic mass is 9.74. The van der Waals surface area contributed by atoms with E-state index in [9.17, 15) is 19.2 Å². The number of rotatable bonds is 14. The fourth-order valence-electron chi connectivity index (χ4n) is 6.93. The van der Waals surface area contributed by atoms with Crippen molar-refractivity contribution in [3.05, 3.63) is 111 Å². The van der Waals surface area contributed by atoms with Gasteiger partial charge in [0.15, 0.2) is 5.58 Å². The molecule has 1 fully saturated rings. The number of oxazole rings is 1. The van der Waals surface area contributed by atoms with Crippen molar-refractivity contribution in [2.24, 2.45) is 5.92 Å². The van der Waals surface area contributed by atoms with Crippen molar-refractivity contribution in [1.82, 2.24) is 25.9 Å². The third kappa shape index (κ3) is 8.38. The van der Waals surface area contributed by atoms with E-state index in [2.05, 4.69) is 27.0 Å². The number of carbonyl (C=O) groups excluding carboxylic acids is 2. The zero-order valence-corrected chi connectivity index (χ0v) is 31.0. The molecule has 54 heavy (non-hydrogen) atoms. The van der Waals surface area contributed by atoms with Crippen molar-refractivity contribution in [2.45, 2.75) is 57.6 Å². The number of alkyl halides is 1. The highest BCUT2D eigenvalue weighted by atomic mass is 35.5. The van der Waals surface area contributed by atoms with Gasteiger partial charge < -0.3 is 34.6 Å². The summed E-state index contributed by atoms with van der Waals surface area (Å²) in [6, 6.07) is 14.8. The molecule has 3 heterocycles. The summed E-state index contributed by atoms with van der Waals surface area (Å²) < 4.78 is 35.6. The van der Waals surface area contributed by atoms with Crippen LogP contribution < -0.4 is 16.0 Å². The van der Waals surface area contributed by atoms with Gasteiger partial charge in [-0.1, -0.05) is 48.9 Å². The van der Waals surface area contributed by atoms with E-state index in [1.165, 1.54) is 6.92 Å². The fraction of sp³-hybridized carbons (Fsp3) is 0.375. The highest BCUT2D eigenvalue weighted by Crippen LogP contribution is 2.45. The van der Waals surface area contributed by atoms with Crippen molar-refractivity contribution in [3.8, 4) is 6.07 Å². The van der Waals surface area contributed by atoms with Gasteiger partial charge in [0.25, 0.3) is 5.91 Å². The molecule has 3 N–H and O–H groups in total. The maximum absolute atomic E-state index is 14.3. The third-order valence-corrected chi connectivity index (χ3v) is 10.0. The average Bonchev–Trinajstić information content (AvgIpc) is 3.61. The second kappa shape index (κ2) is 17.4. The Morgan fingerprint density at radius 3 is 2.78 bits per heavy atom. The Kier molecular flexibility index (Phi) is 12.5. The van der Waals surface area contributed by atoms with Gasteiger partial charge in [-0.25, -0.2) is 9.37 Å². The van der Waals surface area contributed by atoms with Gasteiger partial charge in [-0.2, -0.15) is 5.26 Å². The van der Waals surface area contributed by atoms with Crippen LogP contribution in [0.1, 0.15) is 64.5 Å². The van der Waals surface area contributed by atoms with Crippen LogP contribution in [0.4, 0.5) is 4.39 Å². The molecule has 1 aliphatic heterocycles. The van der Waals surface area contributed by atoms with Crippen LogP contribution in [0.5, 0.6) is 0 Å². The number of fused-ring (bicyclic) bond motifs is 1. The second-order valence-electron chi connectivity index (χ2n) is 13.3. The van der Waals surface area contributed by atoms with Gasteiger partial charge in [-0.05, 0) is 64.6 Å². The van der Waals surface area contributed by atoms with Gasteiger partial charge in [0.1, 0.15) is 35.6 Å². The molecule has 6 rings (SSSR count). The Balaban J connectivity index is 1.38. The molecule has 282 valence electrons. The number of hydrogen-bond donors (Lipinski definition) is 3. The number of nitrogens with one attached hydrogen (secondary N) is 3. The van der Waals surface area contributed by atoms with Crippen molar-refractivity contribution >= 4 is 40.2 Å². The van der Waals surface area contributed by atoms with Gasteiger partial charge in [-0.15, -0.1) is 0 Å². The first kappa shape index (κ1) is 38.7. The van der Waals surface area contributed by atoms with E-state index in [1.54, 1.807) is 31.5 Å². The standard InChI is InChI=1S/C40H42ClFN6O6/c1-24-30(31-7-4-5-9-32(31)41)8-6-11-40(24,48-38(50)35-17-28(22-51-3)29(21-46-35)20-44-13-12-42)39-47-34-16-26(15-27(18-43)37(34)54-39)19-45-33-10-14-52-23-36(33)53-25(2)49/h4-9,11,15-17,21,24,33,36,44-45H,10,12-14,19-20,22-23H2,1-3H3,(H,48,50)/t24?,33-,36+,40?/m1/s1. The van der Waals surface area contributed by atoms with Gasteiger partial charge >= 0.3 is 5.97 Å². The Hall–Kier alpha value is -4.97. The van der Waals surface area contributed by atoms with Crippen molar-refractivity contribution < 1.29 is 32.6 Å². The fourth-order valence-corrected chi connectivity index (χ4v) is 7.18. The van der Waals surface area contributed by atoms with Gasteiger partial charge in [-0.3, -0.25) is 14.6 Å². The molecule has 1 saturated heterocycles. The summed E-state index contributed by atoms with van der Waals surface area (Å²) in [5.74, 6) is -1.19. The molecule has 4 aromatic rings. The van der Waals surface area contributed by atoms with Crippen LogP contribution in [-0.2, 0) is 44.2 Å². The monoisotopic (exact) mass is 756 g/mol. The van der Waals surface area contributed by atoms with Crippen molar-refractivity contribution in [3.63, 3.8) is 0 Å². The highest BCUT2D eigenvalue weighted by Gasteiger charge is 2.46. The minimum absolute atomic E-state index is 0.132. The molecule has 2 aromatic heterocycles. The molecule has 4 atom stereocenters. The minimum Gasteiger partial charge on any atom is -0.458 e. The summed E-state index contributed by atoms with van der Waals surface area (Å²) in [5, 5.41) is 20.4. The van der Waals surface area contributed by atoms with Crippen molar-refractivity contribution in [1.29, 1.82) is 5.26 Å². The summed E-state index contributed by atoms with van der Waals surface area (Å²) in [4.78, 5) is 35.4. The van der Waals surface area contributed by atoms with Gasteiger partial charge in [0, 0.05) is 63.5 Å². The Bertz CT molecular complexity index is 2110. The highest BCUT2D eigenvalue weighted by molar-refractivity contribution is 6.32. The van der Waals surface area contributed by atoms with Gasteiger partial charge in [0.05, 0.1) is 18.8 Å². The van der Waals surface area contributed by atoms with E-state index in [1.807, 2.05) is 49.4 Å². The number of ether oxygens (including phenoxy) is 3. The minimum atomic E-state index is -1.35. The predicted octanol–water partition coefficient (Wildman–Crippen LogP) is 5.68. The van der Waals surface area contributed by atoms with Gasteiger partial charge in [0.2, 0.25) is 5.89 Å². The molecule has 2 aliphatic rings. The number of halogens is 2. The van der Waals surface area contributed by atoms with E-state index in [0.29, 0.717) is 43.3 Å². The molecule has 2 aromatic carbocycles. The van der Waals surface area contributed by atoms with E-state index in [0.717, 1.165) is 27.8 Å². The summed E-state index contributed by atoms with van der Waals surface area (Å²) in [6.45, 7) is 4.75. The normalized spacial score (nSPS) is 21.0. The summed E-state index contributed by atoms with van der Waals surface area (Å²) in [6.07, 6.45) is 7.38. The molecule has 0 radical (unpaired) electrons. The zero-order valence-electron chi connectivity index (χ0n) is 30.3. The molecule has 1 amide bonds. The van der Waals surface area contributed by atoms with Crippen LogP contribution in [0.15, 0.2) is 71.3 Å². The van der Waals surface area contributed by atoms with Crippen LogP contribution in [0, 0.1) is 17.2 Å². The number of carbonyl (C=O) groups is 2. The Labute approximate surface area is 317 Å². The number of esters is 1. The number of aromatic nitrogens is 2. The maximum atomic E-state index is 14.3. The third-order valence-electron chi connectivity index (χ3n) is 9.71. The summed E-state index contributed by atoms with van der Waals surface area (Å²) >= 11 is 6.70. The Morgan fingerprint density at radius 2 is 2.02 bits per heavy atom. The largest absolute Gasteiger partial charge is 0.458 e. The first-order valence-electron chi connectivity index (χ1n) is 17.7. The van der Waals surface area contributed by atoms with Crippen LogP contribution >= 0.6 is 11.6 Å². The summed E-state index contributed by atoms with van der Waals surface area (Å²) in [7, 11) is 1.56. The molecule has 2 unspecified atom stereocenters. The lowest BCUT2D eigenvalue weighted by Gasteiger charge is -2.38. The number of nitrogens with zero attached hydrogens (tertiary/aromatic N) is 3. The Morgan fingerprint density at radius 1 is 1.19 bits per heavy atom. The van der Waals surface area contributed by atoms with E-state index in [-0.39, 0.29) is 47.9 Å². The molecule has 12 nitrogen and oxygen atoms in total.